The summed E-state index contributed by atoms with van der Waals surface area (Å²) < 4.78 is 88.3. The highest BCUT2D eigenvalue weighted by molar-refractivity contribution is 6.69. The van der Waals surface area contributed by atoms with E-state index in [1.165, 1.54) is 0 Å². The lowest BCUT2D eigenvalue weighted by atomic mass is 9.78. The van der Waals surface area contributed by atoms with Crippen LogP contribution in [0.15, 0.2) is 48.5 Å². The van der Waals surface area contributed by atoms with Crippen LogP contribution in [-0.4, -0.2) is 20.9 Å². The second-order valence-electron chi connectivity index (χ2n) is 8.76. The minimum Gasteiger partial charge on any atom is -0.403 e. The highest BCUT2D eigenvalue weighted by atomic mass is 28.4. The molecule has 1 heterocycles. The molecule has 9 heteroatoms. The van der Waals surface area contributed by atoms with Crippen LogP contribution in [0, 0.1) is 0 Å². The van der Waals surface area contributed by atoms with Crippen LogP contribution in [0.3, 0.4) is 0 Å². The highest BCUT2D eigenvalue weighted by Crippen LogP contribution is 2.46. The third-order valence-corrected chi connectivity index (χ3v) is 6.17. The molecule has 1 aliphatic rings. The maximum absolute atomic E-state index is 13.6. The van der Waals surface area contributed by atoms with E-state index in [2.05, 4.69) is 5.32 Å². The summed E-state index contributed by atoms with van der Waals surface area (Å²) in [5, 5.41) is 3.27. The van der Waals surface area contributed by atoms with Crippen LogP contribution in [-0.2, 0) is 22.4 Å². The molecule has 0 spiro atoms. The van der Waals surface area contributed by atoms with Gasteiger partial charge in [0.05, 0.1) is 11.1 Å². The van der Waals surface area contributed by atoms with Crippen molar-refractivity contribution in [2.24, 2.45) is 0 Å². The van der Waals surface area contributed by atoms with Crippen molar-refractivity contribution < 1.29 is 30.8 Å². The van der Waals surface area contributed by atoms with Crippen LogP contribution in [0.25, 0.3) is 0 Å². The molecule has 1 saturated heterocycles. The number of hydrogen-bond donors (Lipinski definition) is 1. The molecule has 0 aliphatic carbocycles. The lowest BCUT2D eigenvalue weighted by Crippen LogP contribution is -2.53. The Morgan fingerprint density at radius 2 is 1.32 bits per heavy atom. The maximum Gasteiger partial charge on any atom is 0.416 e. The van der Waals surface area contributed by atoms with E-state index in [0.717, 1.165) is 18.6 Å². The summed E-state index contributed by atoms with van der Waals surface area (Å²) in [5.41, 5.74) is -3.76. The Bertz CT molecular complexity index is 869. The van der Waals surface area contributed by atoms with Crippen LogP contribution in [0.4, 0.5) is 26.3 Å². The van der Waals surface area contributed by atoms with Gasteiger partial charge in [-0.25, -0.2) is 0 Å². The Hall–Kier alpha value is -1.84. The highest BCUT2D eigenvalue weighted by Gasteiger charge is 2.49. The SMILES string of the molecule is C[Si](C)(C)O[C@@](c1ccccc1)(c1cc(C(F)(F)F)cc(C(F)(F)F)c1)[C@@H]1CCCN1. The monoisotopic (exact) mass is 461 g/mol. The van der Waals surface area contributed by atoms with Crippen molar-refractivity contribution in [3.05, 3.63) is 70.8 Å². The van der Waals surface area contributed by atoms with Gasteiger partial charge in [0.1, 0.15) is 5.60 Å². The molecule has 2 nitrogen and oxygen atoms in total. The first-order valence-electron chi connectivity index (χ1n) is 10.0. The van der Waals surface area contributed by atoms with Gasteiger partial charge >= 0.3 is 12.4 Å². The van der Waals surface area contributed by atoms with Crippen LogP contribution in [0.1, 0.15) is 35.1 Å². The van der Waals surface area contributed by atoms with E-state index < -0.39 is 43.4 Å². The van der Waals surface area contributed by atoms with Gasteiger partial charge in [0.15, 0.2) is 8.32 Å². The Balaban J connectivity index is 2.38. The van der Waals surface area contributed by atoms with Gasteiger partial charge in [-0.2, -0.15) is 26.3 Å². The maximum atomic E-state index is 13.6. The van der Waals surface area contributed by atoms with E-state index in [9.17, 15) is 26.3 Å². The normalized spacial score (nSPS) is 20.0. The van der Waals surface area contributed by atoms with Crippen molar-refractivity contribution in [3.8, 4) is 0 Å². The fourth-order valence-corrected chi connectivity index (χ4v) is 5.47. The lowest BCUT2D eigenvalue weighted by Gasteiger charge is -2.45. The van der Waals surface area contributed by atoms with Crippen molar-refractivity contribution in [1.82, 2.24) is 5.32 Å². The summed E-state index contributed by atoms with van der Waals surface area (Å²) in [6.45, 7) is 6.23. The fraction of sp³-hybridized carbons (Fsp3) is 0.455. The predicted molar refractivity (Wildman–Crippen MR) is 109 cm³/mol. The molecule has 2 atom stereocenters. The third kappa shape index (κ3) is 5.15. The largest absolute Gasteiger partial charge is 0.416 e. The molecule has 0 unspecified atom stereocenters. The van der Waals surface area contributed by atoms with Crippen molar-refractivity contribution in [3.63, 3.8) is 0 Å². The van der Waals surface area contributed by atoms with E-state index in [0.29, 0.717) is 18.5 Å². The van der Waals surface area contributed by atoms with Crippen LogP contribution >= 0.6 is 0 Å². The van der Waals surface area contributed by atoms with E-state index in [-0.39, 0.29) is 11.6 Å². The van der Waals surface area contributed by atoms with Gasteiger partial charge in [-0.05, 0) is 68.4 Å². The summed E-state index contributed by atoms with van der Waals surface area (Å²) in [4.78, 5) is 0. The molecule has 0 saturated carbocycles. The van der Waals surface area contributed by atoms with Gasteiger partial charge < -0.3 is 9.74 Å². The van der Waals surface area contributed by atoms with Crippen molar-refractivity contribution in [2.45, 2.75) is 56.5 Å². The van der Waals surface area contributed by atoms with Crippen molar-refractivity contribution in [1.29, 1.82) is 0 Å². The van der Waals surface area contributed by atoms with Gasteiger partial charge in [0, 0.05) is 6.04 Å². The second-order valence-corrected chi connectivity index (χ2v) is 13.2. The van der Waals surface area contributed by atoms with Crippen LogP contribution in [0.5, 0.6) is 0 Å². The van der Waals surface area contributed by atoms with Gasteiger partial charge in [0.25, 0.3) is 0 Å². The number of halogens is 6. The van der Waals surface area contributed by atoms with Gasteiger partial charge in [-0.1, -0.05) is 30.3 Å². The van der Waals surface area contributed by atoms with E-state index >= 15 is 0 Å². The molecule has 1 fully saturated rings. The molecular weight excluding hydrogens is 436 g/mol. The molecule has 0 amide bonds. The summed E-state index contributed by atoms with van der Waals surface area (Å²) in [7, 11) is -2.45. The Kier molecular flexibility index (Phi) is 6.34. The summed E-state index contributed by atoms with van der Waals surface area (Å²) in [6, 6.07) is 9.89. The first-order chi connectivity index (χ1) is 14.2. The topological polar surface area (TPSA) is 21.3 Å². The number of benzene rings is 2. The quantitative estimate of drug-likeness (QED) is 0.402. The summed E-state index contributed by atoms with van der Waals surface area (Å²) in [6.07, 6.45) is -8.54. The molecular formula is C22H25F6NOSi. The minimum atomic E-state index is -4.93. The molecule has 0 radical (unpaired) electrons. The Labute approximate surface area is 178 Å². The molecule has 1 N–H and O–H groups in total. The zero-order valence-corrected chi connectivity index (χ0v) is 18.5. The third-order valence-electron chi connectivity index (χ3n) is 5.24. The van der Waals surface area contributed by atoms with Crippen molar-refractivity contribution in [2.75, 3.05) is 6.54 Å². The van der Waals surface area contributed by atoms with E-state index in [1.54, 1.807) is 30.3 Å². The number of nitrogens with one attached hydrogen (secondary N) is 1. The first-order valence-corrected chi connectivity index (χ1v) is 13.4. The average Bonchev–Trinajstić information content (AvgIpc) is 3.19. The van der Waals surface area contributed by atoms with Crippen LogP contribution in [0.2, 0.25) is 19.6 Å². The average molecular weight is 462 g/mol. The zero-order chi connectivity index (χ0) is 23.1. The Morgan fingerprint density at radius 1 is 0.806 bits per heavy atom. The molecule has 31 heavy (non-hydrogen) atoms. The van der Waals surface area contributed by atoms with E-state index in [1.807, 2.05) is 19.6 Å². The molecule has 170 valence electrons. The molecule has 0 aromatic heterocycles. The van der Waals surface area contributed by atoms with E-state index in [4.69, 9.17) is 4.43 Å². The van der Waals surface area contributed by atoms with Gasteiger partial charge in [-0.3, -0.25) is 0 Å². The fourth-order valence-electron chi connectivity index (χ4n) is 4.13. The smallest absolute Gasteiger partial charge is 0.403 e. The molecule has 1 aliphatic heterocycles. The number of alkyl halides is 6. The molecule has 3 rings (SSSR count). The minimum absolute atomic E-state index is 0.136. The molecule has 0 bridgehead atoms. The summed E-state index contributed by atoms with van der Waals surface area (Å²) >= 11 is 0. The predicted octanol–water partition coefficient (Wildman–Crippen LogP) is 6.57. The summed E-state index contributed by atoms with van der Waals surface area (Å²) in [5.74, 6) is 0. The van der Waals surface area contributed by atoms with Crippen molar-refractivity contribution >= 4 is 8.32 Å². The number of rotatable bonds is 5. The second kappa shape index (κ2) is 8.25. The van der Waals surface area contributed by atoms with Crippen LogP contribution < -0.4 is 5.32 Å². The lowest BCUT2D eigenvalue weighted by molar-refractivity contribution is -0.143. The zero-order valence-electron chi connectivity index (χ0n) is 17.5. The number of hydrogen-bond acceptors (Lipinski definition) is 2. The molecule has 2 aromatic carbocycles. The standard InChI is InChI=1S/C22H25F6NOSi/c1-31(2,3)30-20(19-10-7-11-29-19,15-8-5-4-6-9-15)16-12-17(21(23,24)25)14-18(13-16)22(26,27)28/h4-6,8-9,12-14,19,29H,7,10-11H2,1-3H3/t19-,20-/m0/s1. The van der Waals surface area contributed by atoms with Gasteiger partial charge in [0.2, 0.25) is 0 Å². The Morgan fingerprint density at radius 3 is 1.74 bits per heavy atom. The van der Waals surface area contributed by atoms with Gasteiger partial charge in [-0.15, -0.1) is 0 Å². The first kappa shape index (κ1) is 23.8. The molecule has 2 aromatic rings.